The first-order valence-corrected chi connectivity index (χ1v) is 7.68. The first kappa shape index (κ1) is 16.1. The lowest BCUT2D eigenvalue weighted by molar-refractivity contribution is 0.256. The number of rotatable bonds is 7. The Morgan fingerprint density at radius 3 is 2.52 bits per heavy atom. The number of likely N-dealkylation sites (N-methyl/N-ethyl adjacent to an activating group) is 1. The first-order chi connectivity index (χ1) is 10.1. The van der Waals surface area contributed by atoms with Crippen molar-refractivity contribution in [3.63, 3.8) is 0 Å². The maximum absolute atomic E-state index is 5.93. The molecule has 0 aliphatic rings. The van der Waals surface area contributed by atoms with E-state index in [1.54, 1.807) is 6.26 Å². The van der Waals surface area contributed by atoms with Crippen LogP contribution in [0.4, 0.5) is 0 Å². The van der Waals surface area contributed by atoms with Crippen LogP contribution in [0, 0.1) is 0 Å². The molecular weight excluding hydrogens is 284 g/mol. The molecule has 1 heterocycles. The zero-order valence-corrected chi connectivity index (χ0v) is 13.6. The molecule has 1 aromatic carbocycles. The van der Waals surface area contributed by atoms with Crippen molar-refractivity contribution >= 4 is 11.6 Å². The summed E-state index contributed by atoms with van der Waals surface area (Å²) in [5.74, 6) is 0.975. The van der Waals surface area contributed by atoms with Gasteiger partial charge < -0.3 is 9.73 Å². The topological polar surface area (TPSA) is 28.4 Å². The molecule has 0 saturated carbocycles. The molecule has 2 atom stereocenters. The van der Waals surface area contributed by atoms with Crippen LogP contribution in [0.3, 0.4) is 0 Å². The average molecular weight is 307 g/mol. The van der Waals surface area contributed by atoms with Crippen LogP contribution >= 0.6 is 11.6 Å². The number of nitrogens with zero attached hydrogens (tertiary/aromatic N) is 1. The van der Waals surface area contributed by atoms with Gasteiger partial charge in [0.15, 0.2) is 0 Å². The van der Waals surface area contributed by atoms with Gasteiger partial charge in [0.25, 0.3) is 0 Å². The highest BCUT2D eigenvalue weighted by Crippen LogP contribution is 2.20. The molecule has 0 bridgehead atoms. The van der Waals surface area contributed by atoms with Crippen LogP contribution in [0.5, 0.6) is 0 Å². The smallest absolute Gasteiger partial charge is 0.120 e. The van der Waals surface area contributed by atoms with Crippen LogP contribution in [0.2, 0.25) is 5.02 Å². The summed E-state index contributed by atoms with van der Waals surface area (Å²) in [7, 11) is 2.14. The molecule has 0 fully saturated rings. The molecule has 0 aliphatic heterocycles. The fourth-order valence-corrected chi connectivity index (χ4v) is 2.41. The van der Waals surface area contributed by atoms with E-state index < -0.39 is 0 Å². The third kappa shape index (κ3) is 4.60. The molecule has 4 heteroatoms. The largest absolute Gasteiger partial charge is 0.468 e. The van der Waals surface area contributed by atoms with Gasteiger partial charge in [-0.3, -0.25) is 4.90 Å². The van der Waals surface area contributed by atoms with Crippen molar-refractivity contribution in [2.45, 2.75) is 25.9 Å². The molecule has 3 nitrogen and oxygen atoms in total. The van der Waals surface area contributed by atoms with E-state index >= 15 is 0 Å². The number of nitrogens with one attached hydrogen (secondary N) is 1. The standard InChI is InChI=1S/C17H23ClN2O/c1-13(17-5-4-12-21-17)19-10-11-20(3)14(2)15-6-8-16(18)9-7-15/h4-9,12-14,19H,10-11H2,1-3H3. The van der Waals surface area contributed by atoms with E-state index in [1.807, 2.05) is 24.3 Å². The fourth-order valence-electron chi connectivity index (χ4n) is 2.29. The summed E-state index contributed by atoms with van der Waals surface area (Å²) < 4.78 is 5.39. The summed E-state index contributed by atoms with van der Waals surface area (Å²) in [5.41, 5.74) is 1.28. The van der Waals surface area contributed by atoms with Crippen LogP contribution in [0.15, 0.2) is 47.1 Å². The SMILES string of the molecule is CC(NCCN(C)C(C)c1ccc(Cl)cc1)c1ccco1. The number of hydrogen-bond donors (Lipinski definition) is 1. The molecule has 0 saturated heterocycles. The molecule has 114 valence electrons. The van der Waals surface area contributed by atoms with Crippen molar-refractivity contribution in [1.82, 2.24) is 10.2 Å². The maximum atomic E-state index is 5.93. The van der Waals surface area contributed by atoms with Crippen LogP contribution in [-0.2, 0) is 0 Å². The van der Waals surface area contributed by atoms with Crippen LogP contribution < -0.4 is 5.32 Å². The van der Waals surface area contributed by atoms with E-state index in [0.717, 1.165) is 23.9 Å². The Balaban J connectivity index is 1.78. The fraction of sp³-hybridized carbons (Fsp3) is 0.412. The molecule has 2 unspecified atom stereocenters. The highest BCUT2D eigenvalue weighted by molar-refractivity contribution is 6.30. The molecule has 0 spiro atoms. The first-order valence-electron chi connectivity index (χ1n) is 7.30. The Hall–Kier alpha value is -1.29. The zero-order valence-electron chi connectivity index (χ0n) is 12.8. The van der Waals surface area contributed by atoms with Crippen LogP contribution in [-0.4, -0.2) is 25.0 Å². The van der Waals surface area contributed by atoms with Crippen LogP contribution in [0.1, 0.15) is 37.3 Å². The van der Waals surface area contributed by atoms with E-state index in [2.05, 4.69) is 43.2 Å². The predicted molar refractivity (Wildman–Crippen MR) is 87.6 cm³/mol. The Morgan fingerprint density at radius 2 is 1.90 bits per heavy atom. The van der Waals surface area contributed by atoms with E-state index in [1.165, 1.54) is 5.56 Å². The van der Waals surface area contributed by atoms with Gasteiger partial charge in [-0.1, -0.05) is 23.7 Å². The summed E-state index contributed by atoms with van der Waals surface area (Å²) in [6.45, 7) is 6.20. The minimum atomic E-state index is 0.235. The van der Waals surface area contributed by atoms with Gasteiger partial charge in [0.1, 0.15) is 5.76 Å². The Labute approximate surface area is 131 Å². The molecule has 0 amide bonds. The summed E-state index contributed by atoms with van der Waals surface area (Å²) in [5, 5.41) is 4.25. The summed E-state index contributed by atoms with van der Waals surface area (Å²) in [6.07, 6.45) is 1.71. The number of hydrogen-bond acceptors (Lipinski definition) is 3. The average Bonchev–Trinajstić information content (AvgIpc) is 3.01. The van der Waals surface area contributed by atoms with Gasteiger partial charge in [0.05, 0.1) is 12.3 Å². The second-order valence-corrected chi connectivity index (χ2v) is 5.84. The van der Waals surface area contributed by atoms with Crippen molar-refractivity contribution in [3.05, 3.63) is 59.0 Å². The monoisotopic (exact) mass is 306 g/mol. The quantitative estimate of drug-likeness (QED) is 0.828. The summed E-state index contributed by atoms with van der Waals surface area (Å²) in [4.78, 5) is 2.32. The molecular formula is C17H23ClN2O. The highest BCUT2D eigenvalue weighted by atomic mass is 35.5. The molecule has 2 aromatic rings. The Morgan fingerprint density at radius 1 is 1.19 bits per heavy atom. The number of furan rings is 1. The minimum Gasteiger partial charge on any atom is -0.468 e. The lowest BCUT2D eigenvalue weighted by atomic mass is 10.1. The van der Waals surface area contributed by atoms with Crippen molar-refractivity contribution in [2.24, 2.45) is 0 Å². The van der Waals surface area contributed by atoms with Crippen molar-refractivity contribution in [3.8, 4) is 0 Å². The lowest BCUT2D eigenvalue weighted by Crippen LogP contribution is -2.32. The van der Waals surface area contributed by atoms with E-state index in [-0.39, 0.29) is 6.04 Å². The second-order valence-electron chi connectivity index (χ2n) is 5.40. The second kappa shape index (κ2) is 7.64. The predicted octanol–water partition coefficient (Wildman–Crippen LogP) is 4.28. The molecule has 21 heavy (non-hydrogen) atoms. The zero-order chi connectivity index (χ0) is 15.2. The normalized spacial score (nSPS) is 14.3. The number of benzene rings is 1. The van der Waals surface area contributed by atoms with Gasteiger partial charge in [-0.25, -0.2) is 0 Å². The molecule has 2 rings (SSSR count). The van der Waals surface area contributed by atoms with Crippen molar-refractivity contribution < 1.29 is 4.42 Å². The Kier molecular flexibility index (Phi) is 5.85. The van der Waals surface area contributed by atoms with E-state index in [0.29, 0.717) is 6.04 Å². The van der Waals surface area contributed by atoms with Crippen LogP contribution in [0.25, 0.3) is 0 Å². The van der Waals surface area contributed by atoms with Gasteiger partial charge >= 0.3 is 0 Å². The summed E-state index contributed by atoms with van der Waals surface area (Å²) in [6, 6.07) is 12.6. The molecule has 0 aliphatic carbocycles. The van der Waals surface area contributed by atoms with Gasteiger partial charge in [-0.2, -0.15) is 0 Å². The lowest BCUT2D eigenvalue weighted by Gasteiger charge is -2.26. The van der Waals surface area contributed by atoms with E-state index in [4.69, 9.17) is 16.0 Å². The Bertz CT molecular complexity index is 524. The van der Waals surface area contributed by atoms with Gasteiger partial charge in [-0.15, -0.1) is 0 Å². The van der Waals surface area contributed by atoms with E-state index in [9.17, 15) is 0 Å². The van der Waals surface area contributed by atoms with Crippen molar-refractivity contribution in [1.29, 1.82) is 0 Å². The molecule has 0 radical (unpaired) electrons. The van der Waals surface area contributed by atoms with Gasteiger partial charge in [0.2, 0.25) is 0 Å². The molecule has 1 aromatic heterocycles. The summed E-state index contributed by atoms with van der Waals surface area (Å²) >= 11 is 5.93. The highest BCUT2D eigenvalue weighted by Gasteiger charge is 2.12. The van der Waals surface area contributed by atoms with Crippen molar-refractivity contribution in [2.75, 3.05) is 20.1 Å². The minimum absolute atomic E-state index is 0.235. The third-order valence-corrected chi connectivity index (χ3v) is 4.15. The van der Waals surface area contributed by atoms with Gasteiger partial charge in [0, 0.05) is 24.2 Å². The van der Waals surface area contributed by atoms with Gasteiger partial charge in [-0.05, 0) is 50.7 Å². The third-order valence-electron chi connectivity index (χ3n) is 3.90. The maximum Gasteiger partial charge on any atom is 0.120 e. The number of halogens is 1. The molecule has 1 N–H and O–H groups in total.